The molecule has 3 unspecified atom stereocenters. The van der Waals surface area contributed by atoms with Crippen molar-refractivity contribution in [1.29, 1.82) is 0 Å². The number of benzene rings is 3. The maximum atomic E-state index is 13.7. The number of amides is 1. The maximum Gasteiger partial charge on any atom is 0.286 e. The molecule has 5 atom stereocenters. The first kappa shape index (κ1) is 31.9. The summed E-state index contributed by atoms with van der Waals surface area (Å²) in [7, 11) is -2.38. The summed E-state index contributed by atoms with van der Waals surface area (Å²) >= 11 is 0. The van der Waals surface area contributed by atoms with Gasteiger partial charge in [-0.2, -0.15) is 4.31 Å². The van der Waals surface area contributed by atoms with Crippen LogP contribution in [0.15, 0.2) is 83.5 Å². The monoisotopic (exact) mass is 658 g/mol. The van der Waals surface area contributed by atoms with Crippen molar-refractivity contribution in [2.75, 3.05) is 33.4 Å². The van der Waals surface area contributed by atoms with E-state index in [-0.39, 0.29) is 54.8 Å². The average molecular weight is 659 g/mol. The van der Waals surface area contributed by atoms with Gasteiger partial charge in [0, 0.05) is 31.5 Å². The molecule has 0 aromatic heterocycles. The van der Waals surface area contributed by atoms with Gasteiger partial charge in [0.2, 0.25) is 16.3 Å². The van der Waals surface area contributed by atoms with Crippen LogP contribution >= 0.6 is 0 Å². The zero-order valence-corrected chi connectivity index (χ0v) is 27.5. The third-order valence-corrected chi connectivity index (χ3v) is 12.2. The predicted octanol–water partition coefficient (Wildman–Crippen LogP) is 4.98. The molecule has 0 spiro atoms. The van der Waals surface area contributed by atoms with Gasteiger partial charge < -0.3 is 24.6 Å². The van der Waals surface area contributed by atoms with Gasteiger partial charge in [0.25, 0.3) is 5.91 Å². The molecule has 2 fully saturated rings. The highest BCUT2D eigenvalue weighted by molar-refractivity contribution is 7.89. The van der Waals surface area contributed by atoms with Crippen molar-refractivity contribution in [3.05, 3.63) is 95.3 Å². The fraction of sp³-hybridized carbons (Fsp3) is 0.432. The molecule has 1 amide bonds. The largest absolute Gasteiger partial charge is 0.497 e. The minimum Gasteiger partial charge on any atom is -0.497 e. The van der Waals surface area contributed by atoms with Gasteiger partial charge in [-0.3, -0.25) is 4.79 Å². The quantitative estimate of drug-likeness (QED) is 0.221. The highest BCUT2D eigenvalue weighted by Crippen LogP contribution is 2.45. The van der Waals surface area contributed by atoms with Crippen molar-refractivity contribution >= 4 is 15.9 Å². The standard InChI is InChI=1S/C37H42N2O7S/c1-44-28-11-13-29(14-12-28)47(42,43)39(15-17-40)16-18-45-36-23-27(22-35(46-36)37(41)38-34-20-24-9-10-26(34)19-24)31-7-4-8-32-30-6-3-2-5-25(30)21-33(31)32/h2-8,11-14,22,24,26-27,34,36,40H,9-10,15-21,23H2,1H3,(H,38,41)/t24?,26?,27-,34?,36+/m0/s1. The van der Waals surface area contributed by atoms with Gasteiger partial charge in [0.1, 0.15) is 5.75 Å². The third kappa shape index (κ3) is 6.44. The van der Waals surface area contributed by atoms with Gasteiger partial charge in [-0.25, -0.2) is 8.42 Å². The summed E-state index contributed by atoms with van der Waals surface area (Å²) in [5.74, 6) is 1.67. The number of nitrogens with one attached hydrogen (secondary N) is 1. The number of hydrogen-bond acceptors (Lipinski definition) is 7. The van der Waals surface area contributed by atoms with Crippen molar-refractivity contribution in [1.82, 2.24) is 9.62 Å². The Morgan fingerprint density at radius 1 is 0.979 bits per heavy atom. The van der Waals surface area contributed by atoms with Crippen molar-refractivity contribution in [3.63, 3.8) is 0 Å². The van der Waals surface area contributed by atoms with Gasteiger partial charge in [-0.05, 0) is 95.7 Å². The normalized spacial score (nSPS) is 24.4. The van der Waals surface area contributed by atoms with Crippen LogP contribution in [0.2, 0.25) is 0 Å². The smallest absolute Gasteiger partial charge is 0.286 e. The lowest BCUT2D eigenvalue weighted by Crippen LogP contribution is -2.41. The van der Waals surface area contributed by atoms with Crippen LogP contribution in [0.4, 0.5) is 0 Å². The van der Waals surface area contributed by atoms with Crippen molar-refractivity contribution in [2.45, 2.75) is 61.7 Å². The molecule has 10 heteroatoms. The predicted molar refractivity (Wildman–Crippen MR) is 177 cm³/mol. The molecule has 2 saturated carbocycles. The first-order chi connectivity index (χ1) is 22.8. The van der Waals surface area contributed by atoms with E-state index in [1.165, 1.54) is 58.6 Å². The molecule has 0 radical (unpaired) electrons. The molecular weight excluding hydrogens is 616 g/mol. The second-order valence-electron chi connectivity index (χ2n) is 13.1. The van der Waals surface area contributed by atoms with E-state index in [1.807, 2.05) is 6.08 Å². The number of carbonyl (C=O) groups is 1. The third-order valence-electron chi connectivity index (χ3n) is 10.3. The summed E-state index contributed by atoms with van der Waals surface area (Å²) in [6, 6.07) is 21.1. The van der Waals surface area contributed by atoms with E-state index in [0.717, 1.165) is 24.8 Å². The number of methoxy groups -OCH3 is 1. The number of nitrogens with zero attached hydrogens (tertiary/aromatic N) is 1. The SMILES string of the molecule is COc1ccc(S(=O)(=O)N(CCO)CCO[C@H]2C[C@@H](c3cccc4c3Cc3ccccc3-4)C=C(C(=O)NC3CC4CCC3C4)O2)cc1. The lowest BCUT2D eigenvalue weighted by Gasteiger charge is -2.32. The number of ether oxygens (including phenoxy) is 3. The molecule has 47 heavy (non-hydrogen) atoms. The van der Waals surface area contributed by atoms with Crippen LogP contribution in [-0.4, -0.2) is 69.5 Å². The van der Waals surface area contributed by atoms with Gasteiger partial charge in [-0.1, -0.05) is 48.9 Å². The van der Waals surface area contributed by atoms with Crippen LogP contribution < -0.4 is 10.1 Å². The Hall–Kier alpha value is -3.70. The fourth-order valence-corrected chi connectivity index (χ4v) is 9.39. The van der Waals surface area contributed by atoms with Gasteiger partial charge >= 0.3 is 0 Å². The second-order valence-corrected chi connectivity index (χ2v) is 15.0. The number of sulfonamides is 1. The molecule has 2 N–H and O–H groups in total. The van der Waals surface area contributed by atoms with Crippen molar-refractivity contribution < 1.29 is 32.5 Å². The van der Waals surface area contributed by atoms with Crippen LogP contribution in [0.25, 0.3) is 11.1 Å². The van der Waals surface area contributed by atoms with Crippen molar-refractivity contribution in [2.24, 2.45) is 11.8 Å². The van der Waals surface area contributed by atoms with E-state index in [2.05, 4.69) is 47.8 Å². The maximum absolute atomic E-state index is 13.7. The number of allylic oxidation sites excluding steroid dienone is 1. The van der Waals surface area contributed by atoms with Crippen molar-refractivity contribution in [3.8, 4) is 16.9 Å². The Labute approximate surface area is 276 Å². The first-order valence-corrected chi connectivity index (χ1v) is 18.0. The number of rotatable bonds is 12. The van der Waals surface area contributed by atoms with Gasteiger partial charge in [0.05, 0.1) is 25.2 Å². The van der Waals surface area contributed by atoms with E-state index in [4.69, 9.17) is 14.2 Å². The Balaban J connectivity index is 1.10. The zero-order valence-electron chi connectivity index (χ0n) is 26.6. The Kier molecular flexibility index (Phi) is 9.11. The average Bonchev–Trinajstić information content (AvgIpc) is 3.82. The molecule has 3 aromatic rings. The lowest BCUT2D eigenvalue weighted by molar-refractivity contribution is -0.147. The summed E-state index contributed by atoms with van der Waals surface area (Å²) in [5, 5.41) is 13.0. The van der Waals surface area contributed by atoms with Crippen LogP contribution in [0.1, 0.15) is 54.7 Å². The highest BCUT2D eigenvalue weighted by atomic mass is 32.2. The fourth-order valence-electron chi connectivity index (χ4n) is 7.97. The molecule has 0 saturated heterocycles. The number of aliphatic hydroxyl groups is 1. The van der Waals surface area contributed by atoms with Crippen LogP contribution in [0.5, 0.6) is 5.75 Å². The first-order valence-electron chi connectivity index (χ1n) is 16.6. The minimum atomic E-state index is -3.90. The van der Waals surface area contributed by atoms with Crippen LogP contribution in [-0.2, 0) is 30.7 Å². The van der Waals surface area contributed by atoms with E-state index in [9.17, 15) is 18.3 Å². The summed E-state index contributed by atoms with van der Waals surface area (Å²) < 4.78 is 45.6. The number of carbonyl (C=O) groups excluding carboxylic acids is 1. The van der Waals surface area contributed by atoms with Crippen LogP contribution in [0, 0.1) is 11.8 Å². The molecule has 9 nitrogen and oxygen atoms in total. The van der Waals surface area contributed by atoms with E-state index >= 15 is 0 Å². The van der Waals surface area contributed by atoms with Gasteiger partial charge in [0.15, 0.2) is 5.76 Å². The number of fused-ring (bicyclic) bond motifs is 5. The highest BCUT2D eigenvalue weighted by Gasteiger charge is 2.41. The molecular formula is C37H42N2O7S. The van der Waals surface area contributed by atoms with E-state index in [0.29, 0.717) is 24.0 Å². The molecule has 7 rings (SSSR count). The summed E-state index contributed by atoms with van der Waals surface area (Å²) in [5.41, 5.74) is 6.14. The molecule has 1 aliphatic heterocycles. The van der Waals surface area contributed by atoms with E-state index < -0.39 is 16.3 Å². The molecule has 3 aromatic carbocycles. The summed E-state index contributed by atoms with van der Waals surface area (Å²) in [6.07, 6.45) is 7.08. The number of aliphatic hydroxyl groups excluding tert-OH is 1. The summed E-state index contributed by atoms with van der Waals surface area (Å²) in [6.45, 7) is -0.396. The Bertz CT molecular complexity index is 1760. The molecule has 4 aliphatic rings. The topological polar surface area (TPSA) is 114 Å². The van der Waals surface area contributed by atoms with Gasteiger partial charge in [-0.15, -0.1) is 0 Å². The Morgan fingerprint density at radius 3 is 2.53 bits per heavy atom. The minimum absolute atomic E-state index is 0.00583. The van der Waals surface area contributed by atoms with E-state index in [1.54, 1.807) is 12.1 Å². The Morgan fingerprint density at radius 2 is 1.79 bits per heavy atom. The number of hydrogen-bond donors (Lipinski definition) is 2. The summed E-state index contributed by atoms with van der Waals surface area (Å²) in [4.78, 5) is 13.8. The molecule has 2 bridgehead atoms. The zero-order chi connectivity index (χ0) is 32.5. The lowest BCUT2D eigenvalue weighted by atomic mass is 9.87. The second kappa shape index (κ2) is 13.4. The molecule has 3 aliphatic carbocycles. The van der Waals surface area contributed by atoms with Crippen LogP contribution in [0.3, 0.4) is 0 Å². The molecule has 248 valence electrons. The molecule has 1 heterocycles.